The lowest BCUT2D eigenvalue weighted by Gasteiger charge is -2.37. The maximum Gasteiger partial charge on any atom is 0.410 e. The first-order valence-electron chi connectivity index (χ1n) is 18.7. The third kappa shape index (κ3) is 9.55. The highest BCUT2D eigenvalue weighted by atomic mass is 16.6. The minimum Gasteiger partial charge on any atom is -0.497 e. The zero-order chi connectivity index (χ0) is 39.1. The van der Waals surface area contributed by atoms with Gasteiger partial charge < -0.3 is 38.8 Å². The van der Waals surface area contributed by atoms with Gasteiger partial charge in [-0.05, 0) is 81.1 Å². The van der Waals surface area contributed by atoms with Crippen molar-refractivity contribution in [3.05, 3.63) is 95.1 Å². The molecular formula is C41H52N8O6. The Kier molecular flexibility index (Phi) is 12.2. The Labute approximate surface area is 322 Å². The number of nitrogens with zero attached hydrogens (tertiary/aromatic N) is 8. The number of aliphatic hydroxyl groups excluding tert-OH is 1. The number of amides is 1. The molecule has 4 heterocycles. The molecule has 1 aliphatic heterocycles. The van der Waals surface area contributed by atoms with Gasteiger partial charge in [0.2, 0.25) is 0 Å². The number of hydrogen-bond acceptors (Lipinski definition) is 12. The Morgan fingerprint density at radius 1 is 0.909 bits per heavy atom. The van der Waals surface area contributed by atoms with Gasteiger partial charge in [-0.3, -0.25) is 4.98 Å². The molecule has 5 aromatic rings. The van der Waals surface area contributed by atoms with Crippen LogP contribution in [0.5, 0.6) is 17.5 Å². The predicted octanol–water partition coefficient (Wildman–Crippen LogP) is 6.37. The number of pyridine rings is 1. The minimum absolute atomic E-state index is 0.182. The summed E-state index contributed by atoms with van der Waals surface area (Å²) in [7, 11) is 3.30. The molecule has 1 amide bonds. The number of fused-ring (bicyclic) bond motifs is 1. The summed E-state index contributed by atoms with van der Waals surface area (Å²) in [5.74, 6) is 2.09. The molecule has 3 aromatic heterocycles. The number of aromatic nitrogens is 5. The van der Waals surface area contributed by atoms with E-state index in [1.165, 1.54) is 0 Å². The predicted molar refractivity (Wildman–Crippen MR) is 210 cm³/mol. The Hall–Kier alpha value is -5.63. The molecule has 1 fully saturated rings. The van der Waals surface area contributed by atoms with Crippen molar-refractivity contribution in [2.75, 3.05) is 56.8 Å². The van der Waals surface area contributed by atoms with Crippen LogP contribution in [0.4, 0.5) is 16.3 Å². The number of carbonyl (C=O) groups excluding carboxylic acids is 1. The number of benzene rings is 2. The third-order valence-electron chi connectivity index (χ3n) is 9.38. The van der Waals surface area contributed by atoms with Gasteiger partial charge in [-0.1, -0.05) is 37.6 Å². The summed E-state index contributed by atoms with van der Waals surface area (Å²) in [4.78, 5) is 33.1. The normalized spacial score (nSPS) is 13.8. The highest BCUT2D eigenvalue weighted by Gasteiger charge is 2.28. The summed E-state index contributed by atoms with van der Waals surface area (Å²) in [5.41, 5.74) is 4.78. The van der Waals surface area contributed by atoms with Crippen LogP contribution in [0.15, 0.2) is 67.0 Å². The van der Waals surface area contributed by atoms with E-state index in [1.807, 2.05) is 82.3 Å². The lowest BCUT2D eigenvalue weighted by molar-refractivity contribution is 0.0240. The van der Waals surface area contributed by atoms with Crippen LogP contribution in [0.1, 0.15) is 74.7 Å². The number of methoxy groups -OCH3 is 2. The highest BCUT2D eigenvalue weighted by molar-refractivity contribution is 5.69. The lowest BCUT2D eigenvalue weighted by atomic mass is 10.1. The molecule has 292 valence electrons. The molecule has 14 nitrogen and oxygen atoms in total. The third-order valence-corrected chi connectivity index (χ3v) is 9.38. The van der Waals surface area contributed by atoms with Gasteiger partial charge in [0.15, 0.2) is 11.5 Å². The molecule has 0 bridgehead atoms. The van der Waals surface area contributed by atoms with E-state index in [0.717, 1.165) is 46.7 Å². The number of piperazine rings is 1. The molecule has 0 spiro atoms. The van der Waals surface area contributed by atoms with Crippen molar-refractivity contribution in [1.29, 1.82) is 0 Å². The van der Waals surface area contributed by atoms with E-state index >= 15 is 0 Å². The van der Waals surface area contributed by atoms with Gasteiger partial charge in [0.1, 0.15) is 23.2 Å². The molecule has 1 aliphatic rings. The van der Waals surface area contributed by atoms with E-state index in [1.54, 1.807) is 36.0 Å². The largest absolute Gasteiger partial charge is 0.497 e. The number of aliphatic hydroxyl groups is 1. The molecule has 1 saturated heterocycles. The number of unbranched alkanes of at least 4 members (excludes halogenated alkanes) is 1. The summed E-state index contributed by atoms with van der Waals surface area (Å²) < 4.78 is 24.1. The number of ether oxygens (including phenoxy) is 4. The van der Waals surface area contributed by atoms with Crippen molar-refractivity contribution >= 4 is 23.2 Å². The Balaban J connectivity index is 1.31. The van der Waals surface area contributed by atoms with Crippen molar-refractivity contribution in [1.82, 2.24) is 29.5 Å². The summed E-state index contributed by atoms with van der Waals surface area (Å²) >= 11 is 0. The minimum atomic E-state index is -1.14. The van der Waals surface area contributed by atoms with Crippen molar-refractivity contribution in [3.63, 3.8) is 0 Å². The molecule has 0 radical (unpaired) electrons. The number of imidazole rings is 1. The van der Waals surface area contributed by atoms with Gasteiger partial charge in [0.25, 0.3) is 0 Å². The molecule has 1 unspecified atom stereocenters. The second-order valence-corrected chi connectivity index (χ2v) is 14.6. The maximum absolute atomic E-state index is 12.6. The highest BCUT2D eigenvalue weighted by Crippen LogP contribution is 2.31. The first-order chi connectivity index (χ1) is 26.5. The summed E-state index contributed by atoms with van der Waals surface area (Å²) in [5, 5.41) is 16.6. The van der Waals surface area contributed by atoms with Crippen LogP contribution in [-0.2, 0) is 17.8 Å². The van der Waals surface area contributed by atoms with E-state index in [2.05, 4.69) is 16.7 Å². The van der Waals surface area contributed by atoms with Crippen LogP contribution in [0.25, 0.3) is 5.65 Å². The standard InChI is InChI=1S/C41H52N8O6/c1-8-9-22-54-39-44-38(48(26-29-10-14-31(52-6)15-11-29)27-30-12-16-32(53-7)17-13-30)37-43-25-35(49(37)45-39)36(50)33-23-28(2)34(24-42-33)46-18-20-47(21-19-46)40(51)55-41(3,4)5/h10-17,23-25,36,50H,8-9,18-22,26-27H2,1-7H3. The lowest BCUT2D eigenvalue weighted by Crippen LogP contribution is -2.50. The van der Waals surface area contributed by atoms with Crippen molar-refractivity contribution in [2.45, 2.75) is 72.3 Å². The van der Waals surface area contributed by atoms with Crippen LogP contribution in [0.2, 0.25) is 0 Å². The second kappa shape index (κ2) is 17.2. The average Bonchev–Trinajstić information content (AvgIpc) is 3.61. The summed E-state index contributed by atoms with van der Waals surface area (Å²) in [6.45, 7) is 13.5. The molecule has 14 heteroatoms. The van der Waals surface area contributed by atoms with Crippen LogP contribution in [0.3, 0.4) is 0 Å². The molecule has 0 saturated carbocycles. The van der Waals surface area contributed by atoms with E-state index in [9.17, 15) is 9.90 Å². The molecule has 6 rings (SSSR count). The quantitative estimate of drug-likeness (QED) is 0.126. The Morgan fingerprint density at radius 2 is 1.53 bits per heavy atom. The van der Waals surface area contributed by atoms with Gasteiger partial charge in [-0.15, -0.1) is 5.10 Å². The Bertz CT molecular complexity index is 1990. The first-order valence-corrected chi connectivity index (χ1v) is 18.7. The van der Waals surface area contributed by atoms with Crippen molar-refractivity contribution in [3.8, 4) is 17.5 Å². The number of carbonyl (C=O) groups is 1. The van der Waals surface area contributed by atoms with Gasteiger partial charge in [0, 0.05) is 39.3 Å². The van der Waals surface area contributed by atoms with E-state index in [-0.39, 0.29) is 12.1 Å². The molecule has 1 atom stereocenters. The number of aryl methyl sites for hydroxylation is 1. The fraction of sp³-hybridized carbons (Fsp3) is 0.439. The van der Waals surface area contributed by atoms with Gasteiger partial charge in [-0.2, -0.15) is 4.98 Å². The Morgan fingerprint density at radius 3 is 2.07 bits per heavy atom. The van der Waals surface area contributed by atoms with Crippen LogP contribution >= 0.6 is 0 Å². The molecule has 55 heavy (non-hydrogen) atoms. The maximum atomic E-state index is 12.6. The van der Waals surface area contributed by atoms with Gasteiger partial charge >= 0.3 is 12.1 Å². The van der Waals surface area contributed by atoms with Gasteiger partial charge in [0.05, 0.1) is 50.3 Å². The monoisotopic (exact) mass is 752 g/mol. The topological polar surface area (TPSA) is 140 Å². The number of anilines is 2. The van der Waals surface area contributed by atoms with Crippen molar-refractivity contribution in [2.24, 2.45) is 0 Å². The molecule has 0 aliphatic carbocycles. The summed E-state index contributed by atoms with van der Waals surface area (Å²) in [6.07, 6.45) is 3.74. The fourth-order valence-electron chi connectivity index (χ4n) is 6.40. The second-order valence-electron chi connectivity index (χ2n) is 14.6. The molecule has 1 N–H and O–H groups in total. The zero-order valence-electron chi connectivity index (χ0n) is 32.9. The number of rotatable bonds is 14. The van der Waals surface area contributed by atoms with E-state index in [0.29, 0.717) is 68.7 Å². The fourth-order valence-corrected chi connectivity index (χ4v) is 6.40. The van der Waals surface area contributed by atoms with E-state index in [4.69, 9.17) is 39.0 Å². The SMILES string of the molecule is CCCCOc1nc(N(Cc2ccc(OC)cc2)Cc2ccc(OC)cc2)c2ncc(C(O)c3cc(C)c(N4CCN(C(=O)OC(C)(C)C)CC4)cn3)n2n1. The molecule has 2 aromatic carbocycles. The van der Waals surface area contributed by atoms with Crippen molar-refractivity contribution < 1.29 is 28.8 Å². The van der Waals surface area contributed by atoms with Crippen LogP contribution in [-0.4, -0.2) is 93.3 Å². The van der Waals surface area contributed by atoms with Crippen LogP contribution < -0.4 is 24.0 Å². The van der Waals surface area contributed by atoms with Gasteiger partial charge in [-0.25, -0.2) is 14.3 Å². The zero-order valence-corrected chi connectivity index (χ0v) is 32.9. The summed E-state index contributed by atoms with van der Waals surface area (Å²) in [6, 6.07) is 17.9. The smallest absolute Gasteiger partial charge is 0.410 e. The molecular weight excluding hydrogens is 701 g/mol. The van der Waals surface area contributed by atoms with Crippen LogP contribution in [0, 0.1) is 6.92 Å². The average molecular weight is 753 g/mol. The van der Waals surface area contributed by atoms with E-state index < -0.39 is 11.7 Å². The first kappa shape index (κ1) is 39.1. The number of hydrogen-bond donors (Lipinski definition) is 1.